The van der Waals surface area contributed by atoms with Crippen LogP contribution >= 0.6 is 0 Å². The molecule has 1 heterocycles. The third kappa shape index (κ3) is 2.39. The Labute approximate surface area is 113 Å². The van der Waals surface area contributed by atoms with Gasteiger partial charge in [0, 0.05) is 11.7 Å². The Hall–Kier alpha value is -1.71. The number of anilines is 2. The number of amides is 1. The maximum atomic E-state index is 11.3. The first kappa shape index (κ1) is 12.3. The van der Waals surface area contributed by atoms with Crippen LogP contribution in [0.5, 0.6) is 5.75 Å². The number of carbonyl (C=O) groups is 1. The van der Waals surface area contributed by atoms with Crippen LogP contribution in [0.3, 0.4) is 0 Å². The molecule has 1 aromatic carbocycles. The van der Waals surface area contributed by atoms with E-state index in [9.17, 15) is 4.79 Å². The summed E-state index contributed by atoms with van der Waals surface area (Å²) in [4.78, 5) is 11.3. The molecule has 3 rings (SSSR count). The molecular weight excluding hydrogens is 240 g/mol. The molecule has 1 aliphatic carbocycles. The van der Waals surface area contributed by atoms with E-state index in [2.05, 4.69) is 24.5 Å². The molecule has 2 N–H and O–H groups in total. The van der Waals surface area contributed by atoms with Crippen LogP contribution in [0.4, 0.5) is 11.4 Å². The third-order valence-corrected chi connectivity index (χ3v) is 4.21. The van der Waals surface area contributed by atoms with E-state index in [0.717, 1.165) is 17.1 Å². The van der Waals surface area contributed by atoms with Crippen LogP contribution < -0.4 is 15.4 Å². The average Bonchev–Trinajstić information content (AvgIpc) is 2.68. The highest BCUT2D eigenvalue weighted by Crippen LogP contribution is 2.40. The minimum atomic E-state index is -0.0918. The van der Waals surface area contributed by atoms with Gasteiger partial charge < -0.3 is 15.4 Å². The Bertz CT molecular complexity index is 511. The normalized spacial score (nSPS) is 24.3. The van der Waals surface area contributed by atoms with Gasteiger partial charge in [-0.05, 0) is 36.5 Å². The molecule has 0 saturated heterocycles. The second-order valence-corrected chi connectivity index (χ2v) is 6.13. The molecule has 0 spiro atoms. The van der Waals surface area contributed by atoms with Crippen molar-refractivity contribution in [1.82, 2.24) is 0 Å². The van der Waals surface area contributed by atoms with Gasteiger partial charge in [0.25, 0.3) is 5.91 Å². The summed E-state index contributed by atoms with van der Waals surface area (Å²) < 4.78 is 5.36. The summed E-state index contributed by atoms with van der Waals surface area (Å²) in [6.07, 6.45) is 3.73. The molecular formula is C15H20N2O2. The number of nitrogens with one attached hydrogen (secondary N) is 2. The predicted octanol–water partition coefficient (Wildman–Crippen LogP) is 3.01. The summed E-state index contributed by atoms with van der Waals surface area (Å²) in [7, 11) is 0. The second kappa shape index (κ2) is 4.44. The van der Waals surface area contributed by atoms with Gasteiger partial charge >= 0.3 is 0 Å². The van der Waals surface area contributed by atoms with Crippen molar-refractivity contribution in [2.45, 2.75) is 39.2 Å². The zero-order valence-electron chi connectivity index (χ0n) is 11.5. The lowest BCUT2D eigenvalue weighted by Gasteiger charge is -2.29. The van der Waals surface area contributed by atoms with Gasteiger partial charge in [0.1, 0.15) is 5.75 Å². The lowest BCUT2D eigenvalue weighted by molar-refractivity contribution is -0.118. The molecule has 1 unspecified atom stereocenters. The van der Waals surface area contributed by atoms with Crippen molar-refractivity contribution in [1.29, 1.82) is 0 Å². The van der Waals surface area contributed by atoms with Crippen LogP contribution in [-0.2, 0) is 4.79 Å². The Kier molecular flexibility index (Phi) is 2.88. The Balaban J connectivity index is 1.79. The summed E-state index contributed by atoms with van der Waals surface area (Å²) in [5.41, 5.74) is 2.14. The fraction of sp³-hybridized carbons (Fsp3) is 0.533. The lowest BCUT2D eigenvalue weighted by atomic mass is 9.87. The molecule has 4 nitrogen and oxygen atoms in total. The molecule has 2 aliphatic rings. The monoisotopic (exact) mass is 260 g/mol. The van der Waals surface area contributed by atoms with Gasteiger partial charge in [-0.25, -0.2) is 0 Å². The van der Waals surface area contributed by atoms with Gasteiger partial charge in [-0.2, -0.15) is 0 Å². The molecule has 19 heavy (non-hydrogen) atoms. The van der Waals surface area contributed by atoms with E-state index in [1.165, 1.54) is 19.3 Å². The molecule has 1 saturated carbocycles. The molecule has 1 aromatic rings. The molecule has 1 aliphatic heterocycles. The highest BCUT2D eigenvalue weighted by atomic mass is 16.5. The van der Waals surface area contributed by atoms with E-state index >= 15 is 0 Å². The summed E-state index contributed by atoms with van der Waals surface area (Å²) in [5.74, 6) is 0.654. The molecule has 0 bridgehead atoms. The zero-order valence-corrected chi connectivity index (χ0v) is 11.5. The standard InChI is InChI=1S/C15H20N2O2/c1-15(2)7-3-4-13(15)16-10-5-6-12-11(8-10)17-14(18)9-19-12/h5-6,8,13,16H,3-4,7,9H2,1-2H3,(H,17,18). The van der Waals surface area contributed by atoms with E-state index < -0.39 is 0 Å². The van der Waals surface area contributed by atoms with Crippen molar-refractivity contribution in [2.75, 3.05) is 17.2 Å². The van der Waals surface area contributed by atoms with Crippen molar-refractivity contribution < 1.29 is 9.53 Å². The SMILES string of the molecule is CC1(C)CCCC1Nc1ccc2c(c1)NC(=O)CO2. The van der Waals surface area contributed by atoms with E-state index in [1.54, 1.807) is 0 Å². The Morgan fingerprint density at radius 3 is 3.00 bits per heavy atom. The van der Waals surface area contributed by atoms with Crippen LogP contribution in [0.1, 0.15) is 33.1 Å². The van der Waals surface area contributed by atoms with E-state index in [0.29, 0.717) is 11.5 Å². The number of carbonyl (C=O) groups excluding carboxylic acids is 1. The highest BCUT2D eigenvalue weighted by Gasteiger charge is 2.34. The molecule has 1 fully saturated rings. The van der Waals surface area contributed by atoms with Crippen LogP contribution in [0.15, 0.2) is 18.2 Å². The molecule has 102 valence electrons. The topological polar surface area (TPSA) is 50.4 Å². The Morgan fingerprint density at radius 1 is 1.42 bits per heavy atom. The van der Waals surface area contributed by atoms with Crippen molar-refractivity contribution in [3.63, 3.8) is 0 Å². The van der Waals surface area contributed by atoms with E-state index in [4.69, 9.17) is 4.74 Å². The number of fused-ring (bicyclic) bond motifs is 1. The highest BCUT2D eigenvalue weighted by molar-refractivity contribution is 5.96. The number of hydrogen-bond acceptors (Lipinski definition) is 3. The summed E-state index contributed by atoms with van der Waals surface area (Å²) >= 11 is 0. The average molecular weight is 260 g/mol. The molecule has 0 radical (unpaired) electrons. The maximum Gasteiger partial charge on any atom is 0.262 e. The first-order valence-electron chi connectivity index (χ1n) is 6.88. The van der Waals surface area contributed by atoms with Gasteiger partial charge in [-0.15, -0.1) is 0 Å². The second-order valence-electron chi connectivity index (χ2n) is 6.13. The van der Waals surface area contributed by atoms with Crippen LogP contribution in [0.2, 0.25) is 0 Å². The summed E-state index contributed by atoms with van der Waals surface area (Å²) in [5, 5.41) is 6.43. The molecule has 1 amide bonds. The first-order chi connectivity index (χ1) is 9.04. The van der Waals surface area contributed by atoms with Crippen LogP contribution in [0, 0.1) is 5.41 Å². The molecule has 1 atom stereocenters. The van der Waals surface area contributed by atoms with Gasteiger partial charge in [0.15, 0.2) is 6.61 Å². The van der Waals surface area contributed by atoms with E-state index in [-0.39, 0.29) is 12.5 Å². The van der Waals surface area contributed by atoms with Crippen LogP contribution in [-0.4, -0.2) is 18.6 Å². The largest absolute Gasteiger partial charge is 0.482 e. The summed E-state index contributed by atoms with van der Waals surface area (Å²) in [6, 6.07) is 6.38. The zero-order chi connectivity index (χ0) is 13.5. The first-order valence-corrected chi connectivity index (χ1v) is 6.88. The fourth-order valence-electron chi connectivity index (χ4n) is 2.97. The number of hydrogen-bond donors (Lipinski definition) is 2. The van der Waals surface area contributed by atoms with Crippen molar-refractivity contribution >= 4 is 17.3 Å². The number of ether oxygens (including phenoxy) is 1. The minimum absolute atomic E-state index is 0.0918. The molecule has 4 heteroatoms. The maximum absolute atomic E-state index is 11.3. The van der Waals surface area contributed by atoms with E-state index in [1.807, 2.05) is 18.2 Å². The summed E-state index contributed by atoms with van der Waals surface area (Å²) in [6.45, 7) is 4.72. The smallest absolute Gasteiger partial charge is 0.262 e. The van der Waals surface area contributed by atoms with Crippen molar-refractivity contribution in [3.8, 4) is 5.75 Å². The molecule has 0 aromatic heterocycles. The van der Waals surface area contributed by atoms with Gasteiger partial charge in [0.2, 0.25) is 0 Å². The van der Waals surface area contributed by atoms with Gasteiger partial charge in [-0.3, -0.25) is 4.79 Å². The van der Waals surface area contributed by atoms with Gasteiger partial charge in [-0.1, -0.05) is 20.3 Å². The van der Waals surface area contributed by atoms with Crippen LogP contribution in [0.25, 0.3) is 0 Å². The fourth-order valence-corrected chi connectivity index (χ4v) is 2.97. The van der Waals surface area contributed by atoms with Crippen molar-refractivity contribution in [3.05, 3.63) is 18.2 Å². The number of rotatable bonds is 2. The lowest BCUT2D eigenvalue weighted by Crippen LogP contribution is -2.31. The predicted molar refractivity (Wildman–Crippen MR) is 75.6 cm³/mol. The Morgan fingerprint density at radius 2 is 2.26 bits per heavy atom. The number of benzene rings is 1. The third-order valence-electron chi connectivity index (χ3n) is 4.21. The van der Waals surface area contributed by atoms with Crippen molar-refractivity contribution in [2.24, 2.45) is 5.41 Å². The minimum Gasteiger partial charge on any atom is -0.482 e. The quantitative estimate of drug-likeness (QED) is 0.859. The van der Waals surface area contributed by atoms with Gasteiger partial charge in [0.05, 0.1) is 5.69 Å².